The van der Waals surface area contributed by atoms with Gasteiger partial charge in [-0.3, -0.25) is 28.7 Å². The van der Waals surface area contributed by atoms with E-state index in [0.717, 1.165) is 0 Å². The van der Waals surface area contributed by atoms with E-state index >= 15 is 0 Å². The summed E-state index contributed by atoms with van der Waals surface area (Å²) in [5, 5.41) is 60.2. The zero-order chi connectivity index (χ0) is 37.7. The quantitative estimate of drug-likeness (QED) is 0.0671. The zero-order valence-electron chi connectivity index (χ0n) is 26.6. The average molecular weight is 1050 g/mol. The number of hydrogen-bond acceptors (Lipinski definition) is 15. The predicted molar refractivity (Wildman–Crippen MR) is 202 cm³/mol. The number of carbonyl (C=O) groups excluding carboxylic acids is 3. The zero-order valence-corrected chi connectivity index (χ0v) is 33.1. The van der Waals surface area contributed by atoms with Crippen molar-refractivity contribution in [1.82, 2.24) is 29.7 Å². The molecule has 2 atom stereocenters. The molecule has 50 heavy (non-hydrogen) atoms. The molecule has 2 aromatic heterocycles. The molecule has 20 nitrogen and oxygen atoms in total. The second kappa shape index (κ2) is 21.2. The van der Waals surface area contributed by atoms with Crippen LogP contribution in [0, 0.1) is 10.7 Å². The molecule has 278 valence electrons. The van der Waals surface area contributed by atoms with E-state index in [0.29, 0.717) is 10.7 Å². The number of hydrogen-bond donors (Lipinski definition) is 10. The number of amides is 3. The predicted octanol–water partition coefficient (Wildman–Crippen LogP) is -2.38. The molecule has 0 radical (unpaired) electrons. The van der Waals surface area contributed by atoms with Crippen molar-refractivity contribution in [2.45, 2.75) is 25.0 Å². The maximum atomic E-state index is 13.2. The molecule has 0 saturated heterocycles. The topological polar surface area (TPSA) is 308 Å². The minimum absolute atomic E-state index is 0.00181. The minimum atomic E-state index is -1.16. The number of likely N-dealkylation sites (N-methyl/N-ethyl adjacent to an activating group) is 1. The molecule has 0 aliphatic rings. The van der Waals surface area contributed by atoms with Gasteiger partial charge in [0.05, 0.1) is 68.9 Å². The summed E-state index contributed by atoms with van der Waals surface area (Å²) in [4.78, 5) is 61.1. The summed E-state index contributed by atoms with van der Waals surface area (Å²) in [6, 6.07) is 0. The summed E-state index contributed by atoms with van der Waals surface area (Å²) in [6.45, 7) is -2.29. The van der Waals surface area contributed by atoms with Crippen molar-refractivity contribution < 1.29 is 54.5 Å². The van der Waals surface area contributed by atoms with Gasteiger partial charge in [-0.05, 0) is 67.8 Å². The van der Waals surface area contributed by atoms with Crippen molar-refractivity contribution in [2.24, 2.45) is 0 Å². The number of rotatable bonds is 16. The molecule has 0 saturated carbocycles. The lowest BCUT2D eigenvalue weighted by Crippen LogP contribution is -2.38. The van der Waals surface area contributed by atoms with Crippen molar-refractivity contribution in [3.8, 4) is 0 Å². The van der Waals surface area contributed by atoms with E-state index in [9.17, 15) is 29.4 Å². The number of aliphatic hydroxyl groups is 6. The Labute approximate surface area is 325 Å². The van der Waals surface area contributed by atoms with Crippen LogP contribution in [0.2, 0.25) is 0 Å². The molecule has 2 heterocycles. The van der Waals surface area contributed by atoms with E-state index in [1.807, 2.05) is 67.8 Å². The van der Waals surface area contributed by atoms with Gasteiger partial charge < -0.3 is 61.4 Å². The first-order chi connectivity index (χ1) is 23.6. The monoisotopic (exact) mass is 1050 g/mol. The Bertz CT molecular complexity index is 1690. The lowest BCUT2D eigenvalue weighted by molar-refractivity contribution is -0.119. The van der Waals surface area contributed by atoms with Crippen molar-refractivity contribution in [2.75, 3.05) is 71.3 Å². The third kappa shape index (κ3) is 11.8. The Hall–Kier alpha value is -2.35. The summed E-state index contributed by atoms with van der Waals surface area (Å²) in [5.74, 6) is -1.66. The highest BCUT2D eigenvalue weighted by molar-refractivity contribution is 14.1. The molecule has 0 bridgehead atoms. The van der Waals surface area contributed by atoms with Crippen LogP contribution in [-0.4, -0.2) is 151 Å². The number of imidazole rings is 1. The summed E-state index contributed by atoms with van der Waals surface area (Å²) >= 11 is 5.63. The summed E-state index contributed by atoms with van der Waals surface area (Å²) in [5.41, 5.74) is 5.90. The fraction of sp³-hybridized carbons (Fsp3) is 0.481. The first kappa shape index (κ1) is 43.8. The number of benzene rings is 1. The molecule has 23 heteroatoms. The molecule has 3 amide bonds. The van der Waals surface area contributed by atoms with Crippen LogP contribution in [0.15, 0.2) is 11.1 Å². The normalized spacial score (nSPS) is 12.3. The molecule has 2 unspecified atom stereocenters. The highest BCUT2D eigenvalue weighted by Crippen LogP contribution is 2.36. The van der Waals surface area contributed by atoms with E-state index < -0.39 is 54.8 Å². The third-order valence-electron chi connectivity index (χ3n) is 6.40. The number of nitrogens with two attached hydrogens (primary N) is 1. The van der Waals surface area contributed by atoms with Gasteiger partial charge in [0.15, 0.2) is 11.2 Å². The van der Waals surface area contributed by atoms with Gasteiger partial charge in [-0.2, -0.15) is 4.98 Å². The van der Waals surface area contributed by atoms with Crippen LogP contribution >= 0.6 is 67.8 Å². The first-order valence-corrected chi connectivity index (χ1v) is 17.5. The van der Waals surface area contributed by atoms with E-state index in [2.05, 4.69) is 25.6 Å². The van der Waals surface area contributed by atoms with Gasteiger partial charge in [0.1, 0.15) is 19.4 Å². The smallest absolute Gasteiger partial charge is 0.280 e. The number of halogens is 3. The number of anilines is 2. The number of fused-ring (bicyclic) bond motifs is 1. The van der Waals surface area contributed by atoms with Crippen LogP contribution in [0.3, 0.4) is 0 Å². The number of aromatic nitrogens is 4. The summed E-state index contributed by atoms with van der Waals surface area (Å²) in [7, 11) is 2.79. The fourth-order valence-electron chi connectivity index (χ4n) is 3.89. The lowest BCUT2D eigenvalue weighted by Gasteiger charge is -2.24. The number of nitrogens with zero attached hydrogens (tertiary/aromatic N) is 4. The molecule has 11 N–H and O–H groups in total. The number of ether oxygens (including phenoxy) is 2. The Morgan fingerprint density at radius 1 is 1.02 bits per heavy atom. The molecular weight excluding hydrogens is 1010 g/mol. The Morgan fingerprint density at radius 2 is 1.64 bits per heavy atom. The third-order valence-corrected chi connectivity index (χ3v) is 9.63. The van der Waals surface area contributed by atoms with E-state index in [4.69, 9.17) is 35.6 Å². The standard InChI is InChI=1S/C18H24I3N3O8.C9H13N5O4/c1-24(4-9(28)6-26)18(31)12-13(19)11(17(30)22-3-8(27)5-25)14(20)16(15(12)21)23-10(29)7-32-2;10-9-12-7-6(8(17)13-9)11-3-14(7)4-18-5(1-15)2-16/h8-9,25-28H,3-7H2,1-2H3,(H,22,30)(H,23,29);3,5,15-16H,1-2,4H2,(H3,10,12,13,17). The minimum Gasteiger partial charge on any atom is -0.394 e. The molecule has 0 aliphatic carbocycles. The fourth-order valence-corrected chi connectivity index (χ4v) is 8.28. The lowest BCUT2D eigenvalue weighted by atomic mass is 10.1. The number of carbonyl (C=O) groups is 3. The van der Waals surface area contributed by atoms with Crippen molar-refractivity contribution in [3.05, 3.63) is 38.5 Å². The Balaban J connectivity index is 0.000000403. The van der Waals surface area contributed by atoms with Gasteiger partial charge in [-0.1, -0.05) is 0 Å². The number of nitrogens with one attached hydrogen (secondary N) is 3. The molecule has 3 rings (SSSR count). The maximum Gasteiger partial charge on any atom is 0.280 e. The van der Waals surface area contributed by atoms with Gasteiger partial charge in [0.25, 0.3) is 17.4 Å². The highest BCUT2D eigenvalue weighted by atomic mass is 127. The van der Waals surface area contributed by atoms with Gasteiger partial charge in [-0.25, -0.2) is 4.98 Å². The van der Waals surface area contributed by atoms with Crippen molar-refractivity contribution in [3.63, 3.8) is 0 Å². The number of methoxy groups -OCH3 is 1. The molecule has 3 aromatic rings. The van der Waals surface area contributed by atoms with Crippen LogP contribution in [0.1, 0.15) is 20.7 Å². The molecular formula is C27H37I3N8O12. The molecule has 0 fully saturated rings. The largest absolute Gasteiger partial charge is 0.394 e. The van der Waals surface area contributed by atoms with Crippen LogP contribution in [0.25, 0.3) is 11.2 Å². The summed E-state index contributed by atoms with van der Waals surface area (Å²) in [6.07, 6.45) is -1.63. The van der Waals surface area contributed by atoms with Gasteiger partial charge in [0.2, 0.25) is 11.9 Å². The van der Waals surface area contributed by atoms with Crippen molar-refractivity contribution >= 4 is 108 Å². The van der Waals surface area contributed by atoms with Gasteiger partial charge in [0, 0.05) is 30.8 Å². The molecule has 0 aliphatic heterocycles. The van der Waals surface area contributed by atoms with Crippen LogP contribution in [0.4, 0.5) is 11.6 Å². The van der Waals surface area contributed by atoms with Crippen LogP contribution < -0.4 is 21.9 Å². The number of nitrogen functional groups attached to an aromatic ring is 1. The Morgan fingerprint density at radius 3 is 2.22 bits per heavy atom. The summed E-state index contributed by atoms with van der Waals surface area (Å²) < 4.78 is 12.5. The number of aromatic amines is 1. The highest BCUT2D eigenvalue weighted by Gasteiger charge is 2.30. The van der Waals surface area contributed by atoms with Crippen LogP contribution in [0.5, 0.6) is 0 Å². The number of H-pyrrole nitrogens is 1. The van der Waals surface area contributed by atoms with Crippen LogP contribution in [-0.2, 0) is 21.0 Å². The second-order valence-corrected chi connectivity index (χ2v) is 13.5. The van der Waals surface area contributed by atoms with Gasteiger partial charge >= 0.3 is 0 Å². The van der Waals surface area contributed by atoms with E-state index in [1.54, 1.807) is 0 Å². The SMILES string of the molecule is COCC(=O)Nc1c(I)c(C(=O)NCC(O)CO)c(I)c(C(=O)N(C)CC(O)CO)c1I.Nc1nc2c(ncn2COC(CO)CO)c(=O)[nH]1. The van der Waals surface area contributed by atoms with E-state index in [-0.39, 0.29) is 73.6 Å². The maximum absolute atomic E-state index is 13.2. The van der Waals surface area contributed by atoms with Gasteiger partial charge in [-0.15, -0.1) is 0 Å². The Kier molecular flexibility index (Phi) is 18.6. The molecule has 1 aromatic carbocycles. The second-order valence-electron chi connectivity index (χ2n) is 10.2. The van der Waals surface area contributed by atoms with E-state index in [1.165, 1.54) is 30.0 Å². The average Bonchev–Trinajstić information content (AvgIpc) is 3.49. The first-order valence-electron chi connectivity index (χ1n) is 14.3. The number of aliphatic hydroxyl groups excluding tert-OH is 6. The van der Waals surface area contributed by atoms with Crippen molar-refractivity contribution in [1.29, 1.82) is 0 Å². The molecule has 0 spiro atoms.